The van der Waals surface area contributed by atoms with E-state index in [1.54, 1.807) is 6.07 Å². The fourth-order valence-corrected chi connectivity index (χ4v) is 2.61. The maximum absolute atomic E-state index is 11.1. The molecule has 4 nitrogen and oxygen atoms in total. The number of nitro benzene ring substituents is 1. The summed E-state index contributed by atoms with van der Waals surface area (Å²) in [6.07, 6.45) is 0.982. The quantitative estimate of drug-likeness (QED) is 0.628. The molecule has 0 aliphatic carbocycles. The minimum Gasteiger partial charge on any atom is -0.308 e. The molecule has 2 rings (SSSR count). The number of rotatable bonds is 6. The topological polar surface area (TPSA) is 55.2 Å². The smallest absolute Gasteiger partial charge is 0.275 e. The minimum absolute atomic E-state index is 0.139. The summed E-state index contributed by atoms with van der Waals surface area (Å²) < 4.78 is 0.717. The molecule has 2 aromatic carbocycles. The number of hydrogen-bond donors (Lipinski definition) is 1. The number of benzene rings is 2. The van der Waals surface area contributed by atoms with Gasteiger partial charge in [-0.3, -0.25) is 10.1 Å². The summed E-state index contributed by atoms with van der Waals surface area (Å²) in [6.45, 7) is 3.30. The van der Waals surface area contributed by atoms with Gasteiger partial charge in [0.05, 0.1) is 4.92 Å². The van der Waals surface area contributed by atoms with Gasteiger partial charge in [0.2, 0.25) is 0 Å². The van der Waals surface area contributed by atoms with Crippen LogP contribution in [0, 0.1) is 10.1 Å². The Morgan fingerprint density at radius 3 is 2.43 bits per heavy atom. The van der Waals surface area contributed by atoms with Crippen LogP contribution in [0.15, 0.2) is 46.9 Å². The Bertz CT molecular complexity index is 644. The molecule has 0 heterocycles. The molecule has 0 aliphatic rings. The van der Waals surface area contributed by atoms with Crippen molar-refractivity contribution in [3.63, 3.8) is 0 Å². The molecule has 1 N–H and O–H groups in total. The number of hydrogen-bond acceptors (Lipinski definition) is 3. The van der Waals surface area contributed by atoms with Gasteiger partial charge in [0, 0.05) is 29.2 Å². The molecule has 0 atom stereocenters. The third kappa shape index (κ3) is 4.12. The Kier molecular flexibility index (Phi) is 5.47. The Morgan fingerprint density at radius 2 is 1.76 bits per heavy atom. The second-order valence-corrected chi connectivity index (χ2v) is 5.67. The average Bonchev–Trinajstić information content (AvgIpc) is 2.49. The molecule has 0 aromatic heterocycles. The van der Waals surface area contributed by atoms with Crippen LogP contribution in [0.1, 0.15) is 23.6 Å². The van der Waals surface area contributed by atoms with Crippen LogP contribution in [0.5, 0.6) is 0 Å². The van der Waals surface area contributed by atoms with E-state index in [-0.39, 0.29) is 10.6 Å². The van der Waals surface area contributed by atoms with Crippen molar-refractivity contribution in [2.75, 3.05) is 0 Å². The van der Waals surface area contributed by atoms with E-state index in [0.717, 1.165) is 6.42 Å². The van der Waals surface area contributed by atoms with E-state index in [1.165, 1.54) is 17.2 Å². The van der Waals surface area contributed by atoms with Gasteiger partial charge in [0.1, 0.15) is 0 Å². The van der Waals surface area contributed by atoms with E-state index in [0.29, 0.717) is 23.1 Å². The molecular formula is C16H17BrN2O2. The van der Waals surface area contributed by atoms with Crippen LogP contribution in [0.2, 0.25) is 0 Å². The predicted octanol–water partition coefficient (Wildman–Crippen LogP) is 4.21. The predicted molar refractivity (Wildman–Crippen MR) is 87.2 cm³/mol. The standard InChI is InChI=1S/C16H17BrN2O2/c1-2-12-5-3-4-6-13(12)10-18-11-14-7-8-15(17)9-16(14)19(20)21/h3-9,18H,2,10-11H2,1H3. The Balaban J connectivity index is 2.05. The average molecular weight is 349 g/mol. The fraction of sp³-hybridized carbons (Fsp3) is 0.250. The maximum atomic E-state index is 11.1. The van der Waals surface area contributed by atoms with Crippen LogP contribution in [0.25, 0.3) is 0 Å². The number of nitro groups is 1. The van der Waals surface area contributed by atoms with E-state index in [4.69, 9.17) is 0 Å². The molecular weight excluding hydrogens is 332 g/mol. The van der Waals surface area contributed by atoms with Crippen molar-refractivity contribution in [1.82, 2.24) is 5.32 Å². The van der Waals surface area contributed by atoms with E-state index in [9.17, 15) is 10.1 Å². The first-order valence-electron chi connectivity index (χ1n) is 6.82. The van der Waals surface area contributed by atoms with Gasteiger partial charge in [0.25, 0.3) is 5.69 Å². The number of nitrogens with one attached hydrogen (secondary N) is 1. The highest BCUT2D eigenvalue weighted by Gasteiger charge is 2.13. The molecule has 0 unspecified atom stereocenters. The Morgan fingerprint density at radius 1 is 1.10 bits per heavy atom. The van der Waals surface area contributed by atoms with Crippen molar-refractivity contribution in [3.8, 4) is 0 Å². The van der Waals surface area contributed by atoms with Gasteiger partial charge in [0.15, 0.2) is 0 Å². The van der Waals surface area contributed by atoms with Crippen LogP contribution in [0.4, 0.5) is 5.69 Å². The summed E-state index contributed by atoms with van der Waals surface area (Å²) >= 11 is 3.26. The number of aryl methyl sites for hydroxylation is 1. The highest BCUT2D eigenvalue weighted by atomic mass is 79.9. The van der Waals surface area contributed by atoms with Crippen LogP contribution in [-0.4, -0.2) is 4.92 Å². The van der Waals surface area contributed by atoms with Crippen molar-refractivity contribution in [3.05, 3.63) is 73.7 Å². The molecule has 110 valence electrons. The summed E-state index contributed by atoms with van der Waals surface area (Å²) in [7, 11) is 0. The number of nitrogens with zero attached hydrogens (tertiary/aromatic N) is 1. The molecule has 21 heavy (non-hydrogen) atoms. The van der Waals surface area contributed by atoms with Gasteiger partial charge in [-0.15, -0.1) is 0 Å². The van der Waals surface area contributed by atoms with Gasteiger partial charge in [-0.05, 0) is 29.7 Å². The first-order valence-corrected chi connectivity index (χ1v) is 7.61. The molecule has 5 heteroatoms. The van der Waals surface area contributed by atoms with Gasteiger partial charge in [-0.2, -0.15) is 0 Å². The van der Waals surface area contributed by atoms with E-state index < -0.39 is 0 Å². The van der Waals surface area contributed by atoms with Crippen LogP contribution in [0.3, 0.4) is 0 Å². The molecule has 0 fully saturated rings. The van der Waals surface area contributed by atoms with Gasteiger partial charge in [-0.1, -0.05) is 47.1 Å². The summed E-state index contributed by atoms with van der Waals surface area (Å²) in [6, 6.07) is 13.4. The van der Waals surface area contributed by atoms with Crippen molar-refractivity contribution >= 4 is 21.6 Å². The molecule has 0 bridgehead atoms. The van der Waals surface area contributed by atoms with Crippen LogP contribution >= 0.6 is 15.9 Å². The van der Waals surface area contributed by atoms with E-state index in [1.807, 2.05) is 18.2 Å². The van der Waals surface area contributed by atoms with Crippen molar-refractivity contribution in [2.45, 2.75) is 26.4 Å². The lowest BCUT2D eigenvalue weighted by atomic mass is 10.1. The van der Waals surface area contributed by atoms with Crippen molar-refractivity contribution in [1.29, 1.82) is 0 Å². The van der Waals surface area contributed by atoms with Gasteiger partial charge >= 0.3 is 0 Å². The lowest BCUT2D eigenvalue weighted by Crippen LogP contribution is -2.15. The normalized spacial score (nSPS) is 10.6. The molecule has 0 saturated carbocycles. The molecule has 0 spiro atoms. The third-order valence-corrected chi connectivity index (χ3v) is 3.87. The first kappa shape index (κ1) is 15.7. The SMILES string of the molecule is CCc1ccccc1CNCc1ccc(Br)cc1[N+](=O)[O-]. The number of halogens is 1. The monoisotopic (exact) mass is 348 g/mol. The van der Waals surface area contributed by atoms with E-state index in [2.05, 4.69) is 40.3 Å². The summed E-state index contributed by atoms with van der Waals surface area (Å²) in [5.74, 6) is 0. The van der Waals surface area contributed by atoms with Crippen LogP contribution in [-0.2, 0) is 19.5 Å². The second-order valence-electron chi connectivity index (χ2n) is 4.76. The lowest BCUT2D eigenvalue weighted by Gasteiger charge is -2.09. The zero-order valence-corrected chi connectivity index (χ0v) is 13.4. The second kappa shape index (κ2) is 7.33. The summed E-state index contributed by atoms with van der Waals surface area (Å²) in [5.41, 5.74) is 3.37. The third-order valence-electron chi connectivity index (χ3n) is 3.37. The van der Waals surface area contributed by atoms with Crippen LogP contribution < -0.4 is 5.32 Å². The highest BCUT2D eigenvalue weighted by molar-refractivity contribution is 9.10. The van der Waals surface area contributed by atoms with Crippen molar-refractivity contribution < 1.29 is 4.92 Å². The first-order chi connectivity index (χ1) is 10.1. The van der Waals surface area contributed by atoms with E-state index >= 15 is 0 Å². The molecule has 0 amide bonds. The molecule has 0 radical (unpaired) electrons. The van der Waals surface area contributed by atoms with Gasteiger partial charge in [-0.25, -0.2) is 0 Å². The highest BCUT2D eigenvalue weighted by Crippen LogP contribution is 2.23. The fourth-order valence-electron chi connectivity index (χ4n) is 2.26. The minimum atomic E-state index is -0.345. The maximum Gasteiger partial charge on any atom is 0.275 e. The van der Waals surface area contributed by atoms with Gasteiger partial charge < -0.3 is 5.32 Å². The molecule has 2 aromatic rings. The lowest BCUT2D eigenvalue weighted by molar-refractivity contribution is -0.385. The summed E-state index contributed by atoms with van der Waals surface area (Å²) in [4.78, 5) is 10.7. The Hall–Kier alpha value is -1.72. The van der Waals surface area contributed by atoms with Crippen molar-refractivity contribution in [2.24, 2.45) is 0 Å². The zero-order chi connectivity index (χ0) is 15.2. The molecule has 0 saturated heterocycles. The largest absolute Gasteiger partial charge is 0.308 e. The molecule has 0 aliphatic heterocycles. The summed E-state index contributed by atoms with van der Waals surface area (Å²) in [5, 5.41) is 14.4. The Labute approximate surface area is 132 Å². The zero-order valence-electron chi connectivity index (χ0n) is 11.8.